The molecule has 2 aliphatic heterocycles. The summed E-state index contributed by atoms with van der Waals surface area (Å²) in [6, 6.07) is 0.735. The minimum Gasteiger partial charge on any atom is -0.459 e. The number of aromatic nitrogens is 2. The molecule has 0 spiro atoms. The summed E-state index contributed by atoms with van der Waals surface area (Å²) in [4.78, 5) is 18.8. The summed E-state index contributed by atoms with van der Waals surface area (Å²) in [5.41, 5.74) is -0.457. The van der Waals surface area contributed by atoms with Crippen LogP contribution < -0.4 is 15.4 Å². The molecule has 3 heterocycles. The van der Waals surface area contributed by atoms with Gasteiger partial charge in [-0.3, -0.25) is 4.57 Å². The monoisotopic (exact) mass is 345 g/mol. The van der Waals surface area contributed by atoms with E-state index in [0.29, 0.717) is 12.5 Å². The molecule has 2 atom stereocenters. The summed E-state index contributed by atoms with van der Waals surface area (Å²) >= 11 is 0. The van der Waals surface area contributed by atoms with Crippen molar-refractivity contribution in [3.8, 4) is 6.01 Å². The van der Waals surface area contributed by atoms with Gasteiger partial charge in [0.05, 0.1) is 17.2 Å². The molecule has 1 aromatic heterocycles. The van der Waals surface area contributed by atoms with E-state index in [1.807, 2.05) is 25.7 Å². The van der Waals surface area contributed by atoms with Crippen molar-refractivity contribution < 1.29 is 14.3 Å². The maximum Gasteiger partial charge on any atom is 0.410 e. The lowest BCUT2D eigenvalue weighted by Crippen LogP contribution is -2.47. The number of fused-ring (bicyclic) bond motifs is 3. The third-order valence-corrected chi connectivity index (χ3v) is 5.10. The van der Waals surface area contributed by atoms with Gasteiger partial charge in [0.25, 0.3) is 6.01 Å². The molecule has 1 aliphatic carbocycles. The van der Waals surface area contributed by atoms with E-state index in [-0.39, 0.29) is 12.2 Å². The average molecular weight is 345 g/mol. The molecule has 1 amide bonds. The standard InChI is InChI=1S/C19H27N3O3/c1-19(2,3)25-18(23)21-10-6-7-13(11-21)16-12-22-15-9-5-4-8-14(15)20-17(22)24-16/h8-9,13,16H,4-7,10-12H2,1-3H3. The molecule has 136 valence electrons. The number of hydrogen-bond donors (Lipinski definition) is 0. The lowest BCUT2D eigenvalue weighted by molar-refractivity contribution is 0.00773. The van der Waals surface area contributed by atoms with Crippen molar-refractivity contribution in [3.63, 3.8) is 0 Å². The molecule has 0 radical (unpaired) electrons. The van der Waals surface area contributed by atoms with E-state index in [2.05, 4.69) is 21.7 Å². The number of imidazole rings is 1. The maximum absolute atomic E-state index is 12.4. The molecule has 0 bridgehead atoms. The van der Waals surface area contributed by atoms with Crippen LogP contribution in [0, 0.1) is 5.92 Å². The molecule has 2 unspecified atom stereocenters. The zero-order chi connectivity index (χ0) is 17.6. The summed E-state index contributed by atoms with van der Waals surface area (Å²) in [5.74, 6) is 0.325. The fourth-order valence-corrected chi connectivity index (χ4v) is 3.94. The van der Waals surface area contributed by atoms with E-state index < -0.39 is 5.60 Å². The molecule has 1 saturated heterocycles. The Morgan fingerprint density at radius 1 is 1.28 bits per heavy atom. The summed E-state index contributed by atoms with van der Waals surface area (Å²) < 4.78 is 13.9. The minimum absolute atomic E-state index is 0.0911. The Kier molecular flexibility index (Phi) is 4.01. The van der Waals surface area contributed by atoms with Crippen LogP contribution in [0.4, 0.5) is 4.79 Å². The number of carbonyl (C=O) groups excluding carboxylic acids is 1. The molecule has 0 saturated carbocycles. The number of nitrogens with zero attached hydrogens (tertiary/aromatic N) is 3. The second-order valence-corrected chi connectivity index (χ2v) is 8.25. The summed E-state index contributed by atoms with van der Waals surface area (Å²) in [6.07, 6.45) is 8.51. The number of rotatable bonds is 1. The Morgan fingerprint density at radius 3 is 2.88 bits per heavy atom. The smallest absolute Gasteiger partial charge is 0.410 e. The zero-order valence-corrected chi connectivity index (χ0v) is 15.3. The van der Waals surface area contributed by atoms with Crippen molar-refractivity contribution >= 4 is 18.2 Å². The Morgan fingerprint density at radius 2 is 2.08 bits per heavy atom. The first-order valence-corrected chi connectivity index (χ1v) is 9.32. The molecule has 6 nitrogen and oxygen atoms in total. The molecular formula is C19H27N3O3. The maximum atomic E-state index is 12.4. The van der Waals surface area contributed by atoms with E-state index in [1.165, 1.54) is 5.35 Å². The van der Waals surface area contributed by atoms with Gasteiger partial charge in [0, 0.05) is 19.0 Å². The van der Waals surface area contributed by atoms with E-state index in [9.17, 15) is 4.79 Å². The number of ether oxygens (including phenoxy) is 2. The largest absolute Gasteiger partial charge is 0.459 e. The lowest BCUT2D eigenvalue weighted by Gasteiger charge is -2.35. The fraction of sp³-hybridized carbons (Fsp3) is 0.684. The topological polar surface area (TPSA) is 56.6 Å². The second-order valence-electron chi connectivity index (χ2n) is 8.25. The Bertz CT molecular complexity index is 790. The number of amides is 1. The van der Waals surface area contributed by atoms with Gasteiger partial charge < -0.3 is 14.4 Å². The van der Waals surface area contributed by atoms with Gasteiger partial charge in [-0.2, -0.15) is 4.98 Å². The summed E-state index contributed by atoms with van der Waals surface area (Å²) in [6.45, 7) is 8.00. The highest BCUT2D eigenvalue weighted by Crippen LogP contribution is 2.28. The van der Waals surface area contributed by atoms with E-state index in [4.69, 9.17) is 9.47 Å². The van der Waals surface area contributed by atoms with E-state index >= 15 is 0 Å². The van der Waals surface area contributed by atoms with Crippen LogP contribution in [0.5, 0.6) is 6.01 Å². The number of hydrogen-bond acceptors (Lipinski definition) is 4. The predicted octanol–water partition coefficient (Wildman–Crippen LogP) is 1.65. The van der Waals surface area contributed by atoms with Gasteiger partial charge in [0.2, 0.25) is 0 Å². The van der Waals surface area contributed by atoms with Gasteiger partial charge >= 0.3 is 6.09 Å². The molecule has 0 aromatic carbocycles. The summed E-state index contributed by atoms with van der Waals surface area (Å²) in [5, 5.41) is 2.25. The van der Waals surface area contributed by atoms with Crippen LogP contribution >= 0.6 is 0 Å². The highest BCUT2D eigenvalue weighted by atomic mass is 16.6. The van der Waals surface area contributed by atoms with Gasteiger partial charge in [0.15, 0.2) is 0 Å². The average Bonchev–Trinajstić information content (AvgIpc) is 3.11. The molecule has 0 N–H and O–H groups in total. The van der Waals surface area contributed by atoms with Gasteiger partial charge in [-0.25, -0.2) is 4.79 Å². The fourth-order valence-electron chi connectivity index (χ4n) is 3.94. The van der Waals surface area contributed by atoms with Gasteiger partial charge in [-0.05, 0) is 46.5 Å². The van der Waals surface area contributed by atoms with E-state index in [1.54, 1.807) is 0 Å². The second kappa shape index (κ2) is 6.07. The quantitative estimate of drug-likeness (QED) is 0.777. The molecule has 4 rings (SSSR count). The third kappa shape index (κ3) is 3.26. The van der Waals surface area contributed by atoms with Crippen molar-refractivity contribution in [2.75, 3.05) is 13.1 Å². The first-order chi connectivity index (χ1) is 11.9. The molecule has 1 aromatic rings. The number of carbonyl (C=O) groups is 1. The molecule has 25 heavy (non-hydrogen) atoms. The lowest BCUT2D eigenvalue weighted by atomic mass is 9.92. The Balaban J connectivity index is 1.45. The van der Waals surface area contributed by atoms with Gasteiger partial charge in [-0.15, -0.1) is 0 Å². The predicted molar refractivity (Wildman–Crippen MR) is 94.6 cm³/mol. The zero-order valence-electron chi connectivity index (χ0n) is 15.3. The highest BCUT2D eigenvalue weighted by Gasteiger charge is 2.37. The Hall–Kier alpha value is -1.98. The van der Waals surface area contributed by atoms with Gasteiger partial charge in [0.1, 0.15) is 11.7 Å². The molecule has 6 heteroatoms. The molecule has 1 fully saturated rings. The van der Waals surface area contributed by atoms with Crippen LogP contribution in [0.15, 0.2) is 0 Å². The first-order valence-electron chi connectivity index (χ1n) is 9.32. The third-order valence-electron chi connectivity index (χ3n) is 5.10. The van der Waals surface area contributed by atoms with Crippen LogP contribution in [0.1, 0.15) is 46.5 Å². The molecular weight excluding hydrogens is 318 g/mol. The van der Waals surface area contributed by atoms with Crippen molar-refractivity contribution in [1.29, 1.82) is 0 Å². The van der Waals surface area contributed by atoms with Crippen LogP contribution in [-0.2, 0) is 11.3 Å². The first kappa shape index (κ1) is 16.5. The van der Waals surface area contributed by atoms with Crippen molar-refractivity contribution in [2.45, 2.75) is 64.7 Å². The number of likely N-dealkylation sites (tertiary alicyclic amines) is 1. The van der Waals surface area contributed by atoms with E-state index in [0.717, 1.165) is 50.1 Å². The van der Waals surface area contributed by atoms with Crippen LogP contribution in [0.3, 0.4) is 0 Å². The highest BCUT2D eigenvalue weighted by molar-refractivity contribution is 5.68. The van der Waals surface area contributed by atoms with Crippen molar-refractivity contribution in [3.05, 3.63) is 10.7 Å². The minimum atomic E-state index is -0.457. The Labute approximate surface area is 148 Å². The van der Waals surface area contributed by atoms with Crippen LogP contribution in [0.25, 0.3) is 12.2 Å². The SMILES string of the molecule is CC(C)(C)OC(=O)N1CCCC(C2Cn3c(nc4c3=CCCC=4)O2)C1. The van der Waals surface area contributed by atoms with Crippen LogP contribution in [0.2, 0.25) is 0 Å². The summed E-state index contributed by atoms with van der Waals surface area (Å²) in [7, 11) is 0. The molecule has 3 aliphatic rings. The van der Waals surface area contributed by atoms with Gasteiger partial charge in [-0.1, -0.05) is 12.2 Å². The van der Waals surface area contributed by atoms with Crippen molar-refractivity contribution in [1.82, 2.24) is 14.5 Å². The van der Waals surface area contributed by atoms with Crippen LogP contribution in [-0.4, -0.2) is 45.3 Å². The normalized spacial score (nSPS) is 25.3. The number of piperidine rings is 1. The van der Waals surface area contributed by atoms with Crippen molar-refractivity contribution in [2.24, 2.45) is 5.92 Å².